The normalized spacial score (nSPS) is 18.3. The molecule has 1 fully saturated rings. The van der Waals surface area contributed by atoms with E-state index in [0.29, 0.717) is 17.9 Å². The average molecular weight is 333 g/mol. The van der Waals surface area contributed by atoms with E-state index in [-0.39, 0.29) is 5.91 Å². The van der Waals surface area contributed by atoms with Crippen molar-refractivity contribution in [2.24, 2.45) is 5.73 Å². The highest BCUT2D eigenvalue weighted by atomic mass is 79.9. The number of amides is 1. The summed E-state index contributed by atoms with van der Waals surface area (Å²) in [5, 5.41) is 7.12. The molecule has 2 rings (SSSR count). The molecule has 0 aliphatic carbocycles. The van der Waals surface area contributed by atoms with Gasteiger partial charge in [-0.3, -0.25) is 4.79 Å². The van der Waals surface area contributed by atoms with E-state index >= 15 is 0 Å². The number of rotatable bonds is 3. The summed E-state index contributed by atoms with van der Waals surface area (Å²) >= 11 is 9.31. The standard InChI is InChI=1S/C12H15BrClN3O/c13-9-7-8(1-2-10(9)14)17-12(11(15)18)3-5-16-6-4-12/h1-2,7,16-17H,3-6H2,(H2,15,18). The first-order valence-electron chi connectivity index (χ1n) is 5.77. The number of nitrogens with one attached hydrogen (secondary N) is 2. The molecule has 1 amide bonds. The smallest absolute Gasteiger partial charge is 0.243 e. The molecule has 0 unspecified atom stereocenters. The molecule has 98 valence electrons. The SMILES string of the molecule is NC(=O)C1(Nc2ccc(Cl)c(Br)c2)CCNCC1. The Kier molecular flexibility index (Phi) is 4.14. The molecule has 18 heavy (non-hydrogen) atoms. The van der Waals surface area contributed by atoms with Crippen molar-refractivity contribution in [3.05, 3.63) is 27.7 Å². The fourth-order valence-corrected chi connectivity index (χ4v) is 2.63. The van der Waals surface area contributed by atoms with E-state index in [0.717, 1.165) is 23.2 Å². The van der Waals surface area contributed by atoms with Crippen molar-refractivity contribution in [2.75, 3.05) is 18.4 Å². The molecule has 0 atom stereocenters. The van der Waals surface area contributed by atoms with Gasteiger partial charge in [-0.05, 0) is 60.1 Å². The predicted molar refractivity (Wildman–Crippen MR) is 76.8 cm³/mol. The average Bonchev–Trinajstić information content (AvgIpc) is 2.35. The monoisotopic (exact) mass is 331 g/mol. The van der Waals surface area contributed by atoms with Crippen molar-refractivity contribution in [1.82, 2.24) is 5.32 Å². The highest BCUT2D eigenvalue weighted by Crippen LogP contribution is 2.29. The van der Waals surface area contributed by atoms with Crippen LogP contribution in [0.5, 0.6) is 0 Å². The second kappa shape index (κ2) is 5.47. The highest BCUT2D eigenvalue weighted by Gasteiger charge is 2.37. The number of hydrogen-bond acceptors (Lipinski definition) is 3. The van der Waals surface area contributed by atoms with Gasteiger partial charge in [0.15, 0.2) is 0 Å². The molecule has 1 aliphatic rings. The van der Waals surface area contributed by atoms with Gasteiger partial charge in [-0.25, -0.2) is 0 Å². The molecule has 4 N–H and O–H groups in total. The van der Waals surface area contributed by atoms with Crippen molar-refractivity contribution in [1.29, 1.82) is 0 Å². The Bertz CT molecular complexity index is 461. The van der Waals surface area contributed by atoms with Crippen LogP contribution in [-0.4, -0.2) is 24.5 Å². The minimum absolute atomic E-state index is 0.310. The van der Waals surface area contributed by atoms with Crippen molar-refractivity contribution >= 4 is 39.1 Å². The van der Waals surface area contributed by atoms with E-state index in [1.54, 1.807) is 6.07 Å². The zero-order valence-corrected chi connectivity index (χ0v) is 12.1. The fourth-order valence-electron chi connectivity index (χ4n) is 2.14. The fraction of sp³-hybridized carbons (Fsp3) is 0.417. The van der Waals surface area contributed by atoms with Gasteiger partial charge < -0.3 is 16.4 Å². The molecule has 1 heterocycles. The first-order valence-corrected chi connectivity index (χ1v) is 6.94. The lowest BCUT2D eigenvalue weighted by Crippen LogP contribution is -2.56. The molecule has 1 aliphatic heterocycles. The lowest BCUT2D eigenvalue weighted by molar-refractivity contribution is -0.123. The first kappa shape index (κ1) is 13.6. The van der Waals surface area contributed by atoms with Gasteiger partial charge in [0.05, 0.1) is 5.02 Å². The number of anilines is 1. The van der Waals surface area contributed by atoms with Crippen molar-refractivity contribution in [3.8, 4) is 0 Å². The quantitative estimate of drug-likeness (QED) is 0.794. The summed E-state index contributed by atoms with van der Waals surface area (Å²) in [6.45, 7) is 1.56. The zero-order chi connectivity index (χ0) is 13.2. The number of halogens is 2. The van der Waals surface area contributed by atoms with Crippen molar-refractivity contribution in [3.63, 3.8) is 0 Å². The Labute approximate surface area is 119 Å². The first-order chi connectivity index (χ1) is 8.53. The minimum Gasteiger partial charge on any atom is -0.371 e. The third-order valence-corrected chi connectivity index (χ3v) is 4.45. The third kappa shape index (κ3) is 2.79. The molecule has 4 nitrogen and oxygen atoms in total. The van der Waals surface area contributed by atoms with Crippen molar-refractivity contribution in [2.45, 2.75) is 18.4 Å². The van der Waals surface area contributed by atoms with E-state index < -0.39 is 5.54 Å². The van der Waals surface area contributed by atoms with Gasteiger partial charge in [0, 0.05) is 10.2 Å². The van der Waals surface area contributed by atoms with Gasteiger partial charge in [0.1, 0.15) is 5.54 Å². The number of nitrogens with two attached hydrogens (primary N) is 1. The molecule has 1 saturated heterocycles. The van der Waals surface area contributed by atoms with Gasteiger partial charge in [-0.1, -0.05) is 11.6 Å². The van der Waals surface area contributed by atoms with E-state index in [9.17, 15) is 4.79 Å². The van der Waals surface area contributed by atoms with Crippen LogP contribution < -0.4 is 16.4 Å². The number of primary amides is 1. The predicted octanol–water partition coefficient (Wildman–Crippen LogP) is 2.12. The summed E-state index contributed by atoms with van der Waals surface area (Å²) in [6.07, 6.45) is 1.37. The number of benzene rings is 1. The Morgan fingerprint density at radius 3 is 2.67 bits per heavy atom. The van der Waals surface area contributed by atoms with E-state index in [1.807, 2.05) is 12.1 Å². The van der Waals surface area contributed by atoms with E-state index in [1.165, 1.54) is 0 Å². The molecule has 0 saturated carbocycles. The molecule has 0 aromatic heterocycles. The van der Waals surface area contributed by atoms with Gasteiger partial charge in [-0.15, -0.1) is 0 Å². The second-order valence-corrected chi connectivity index (χ2v) is 5.71. The Morgan fingerprint density at radius 2 is 2.11 bits per heavy atom. The Balaban J connectivity index is 2.23. The Hall–Kier alpha value is -0.780. The van der Waals surface area contributed by atoms with Gasteiger partial charge in [-0.2, -0.15) is 0 Å². The number of carbonyl (C=O) groups is 1. The molecule has 1 aromatic carbocycles. The number of piperidine rings is 1. The maximum atomic E-state index is 11.7. The van der Waals surface area contributed by atoms with Gasteiger partial charge >= 0.3 is 0 Å². The molecule has 6 heteroatoms. The maximum Gasteiger partial charge on any atom is 0.243 e. The molecule has 1 aromatic rings. The Morgan fingerprint density at radius 1 is 1.44 bits per heavy atom. The van der Waals surface area contributed by atoms with E-state index in [2.05, 4.69) is 26.6 Å². The summed E-state index contributed by atoms with van der Waals surface area (Å²) in [7, 11) is 0. The molecule has 0 radical (unpaired) electrons. The summed E-state index contributed by atoms with van der Waals surface area (Å²) < 4.78 is 0.794. The van der Waals surface area contributed by atoms with Crippen LogP contribution >= 0.6 is 27.5 Å². The summed E-state index contributed by atoms with van der Waals surface area (Å²) in [6, 6.07) is 5.48. The second-order valence-electron chi connectivity index (χ2n) is 4.45. The molecular formula is C12H15BrClN3O. The van der Waals surface area contributed by atoms with E-state index in [4.69, 9.17) is 17.3 Å². The summed E-state index contributed by atoms with van der Waals surface area (Å²) in [5.41, 5.74) is 5.72. The van der Waals surface area contributed by atoms with Crippen LogP contribution in [0.3, 0.4) is 0 Å². The zero-order valence-electron chi connectivity index (χ0n) is 9.80. The van der Waals surface area contributed by atoms with Crippen LogP contribution in [0.2, 0.25) is 5.02 Å². The summed E-state index contributed by atoms with van der Waals surface area (Å²) in [5.74, 6) is -0.310. The van der Waals surface area contributed by atoms with Crippen LogP contribution in [0.25, 0.3) is 0 Å². The summed E-state index contributed by atoms with van der Waals surface area (Å²) in [4.78, 5) is 11.7. The van der Waals surface area contributed by atoms with Crippen LogP contribution in [-0.2, 0) is 4.79 Å². The topological polar surface area (TPSA) is 67.2 Å². The minimum atomic E-state index is -0.668. The molecular weight excluding hydrogens is 318 g/mol. The van der Waals surface area contributed by atoms with Crippen molar-refractivity contribution < 1.29 is 4.79 Å². The lowest BCUT2D eigenvalue weighted by Gasteiger charge is -2.36. The highest BCUT2D eigenvalue weighted by molar-refractivity contribution is 9.10. The van der Waals surface area contributed by atoms with Crippen LogP contribution in [0, 0.1) is 0 Å². The maximum absolute atomic E-state index is 11.7. The van der Waals surface area contributed by atoms with Crippen LogP contribution in [0.4, 0.5) is 5.69 Å². The van der Waals surface area contributed by atoms with Gasteiger partial charge in [0.2, 0.25) is 5.91 Å². The molecule has 0 bridgehead atoms. The number of hydrogen-bond donors (Lipinski definition) is 3. The van der Waals surface area contributed by atoms with Crippen LogP contribution in [0.1, 0.15) is 12.8 Å². The van der Waals surface area contributed by atoms with Crippen LogP contribution in [0.15, 0.2) is 22.7 Å². The third-order valence-electron chi connectivity index (χ3n) is 3.23. The number of carbonyl (C=O) groups excluding carboxylic acids is 1. The lowest BCUT2D eigenvalue weighted by atomic mass is 9.87. The largest absolute Gasteiger partial charge is 0.371 e. The van der Waals surface area contributed by atoms with Gasteiger partial charge in [0.25, 0.3) is 0 Å². The molecule has 0 spiro atoms.